The van der Waals surface area contributed by atoms with Gasteiger partial charge in [0.25, 0.3) is 0 Å². The van der Waals surface area contributed by atoms with Crippen molar-refractivity contribution in [3.63, 3.8) is 0 Å². The topological polar surface area (TPSA) is 106 Å². The van der Waals surface area contributed by atoms with Crippen LogP contribution >= 0.6 is 11.6 Å². The van der Waals surface area contributed by atoms with E-state index in [0.29, 0.717) is 43.1 Å². The summed E-state index contributed by atoms with van der Waals surface area (Å²) in [6.07, 6.45) is 1.07. The van der Waals surface area contributed by atoms with Crippen LogP contribution in [0.2, 0.25) is 5.02 Å². The van der Waals surface area contributed by atoms with Crippen molar-refractivity contribution in [3.05, 3.63) is 57.7 Å². The molecule has 2 aromatic carbocycles. The SMILES string of the molecule is O=c1cc(-c2ccc(OCCO[C@H]3C[C@@H](C(=O)O)C3)cc2)oc2c(Cl)ccc(O)c12. The number of halogens is 1. The number of hydrogen-bond donors (Lipinski definition) is 2. The van der Waals surface area contributed by atoms with E-state index in [2.05, 4.69) is 0 Å². The molecule has 0 bridgehead atoms. The van der Waals surface area contributed by atoms with Gasteiger partial charge in [0.2, 0.25) is 0 Å². The first-order valence-electron chi connectivity index (χ1n) is 9.45. The summed E-state index contributed by atoms with van der Waals surface area (Å²) in [6, 6.07) is 11.1. The zero-order valence-corrected chi connectivity index (χ0v) is 16.6. The van der Waals surface area contributed by atoms with Gasteiger partial charge >= 0.3 is 5.97 Å². The second kappa shape index (κ2) is 8.38. The average molecular weight is 431 g/mol. The predicted molar refractivity (Wildman–Crippen MR) is 110 cm³/mol. The van der Waals surface area contributed by atoms with Gasteiger partial charge < -0.3 is 24.1 Å². The highest BCUT2D eigenvalue weighted by Crippen LogP contribution is 2.32. The third-order valence-electron chi connectivity index (χ3n) is 5.10. The molecule has 0 spiro atoms. The van der Waals surface area contributed by atoms with Crippen LogP contribution in [0.4, 0.5) is 0 Å². The fourth-order valence-electron chi connectivity index (χ4n) is 3.35. The molecule has 1 aromatic heterocycles. The molecule has 30 heavy (non-hydrogen) atoms. The molecule has 0 amide bonds. The van der Waals surface area contributed by atoms with Gasteiger partial charge in [-0.3, -0.25) is 9.59 Å². The van der Waals surface area contributed by atoms with E-state index in [1.165, 1.54) is 18.2 Å². The van der Waals surface area contributed by atoms with Crippen molar-refractivity contribution in [1.82, 2.24) is 0 Å². The highest BCUT2D eigenvalue weighted by molar-refractivity contribution is 6.35. The van der Waals surface area contributed by atoms with Gasteiger partial charge in [0.15, 0.2) is 11.0 Å². The molecular formula is C22H19ClO7. The van der Waals surface area contributed by atoms with E-state index in [1.807, 2.05) is 0 Å². The van der Waals surface area contributed by atoms with Gasteiger partial charge in [0.1, 0.15) is 29.3 Å². The van der Waals surface area contributed by atoms with Gasteiger partial charge in [-0.05, 0) is 49.2 Å². The van der Waals surface area contributed by atoms with Crippen molar-refractivity contribution in [3.8, 4) is 22.8 Å². The van der Waals surface area contributed by atoms with Crippen LogP contribution in [0.3, 0.4) is 0 Å². The van der Waals surface area contributed by atoms with Gasteiger partial charge in [0, 0.05) is 11.6 Å². The number of ether oxygens (including phenoxy) is 2. The molecule has 8 heteroatoms. The third-order valence-corrected chi connectivity index (χ3v) is 5.39. The molecular weight excluding hydrogens is 412 g/mol. The lowest BCUT2D eigenvalue weighted by atomic mass is 9.82. The second-order valence-corrected chi connectivity index (χ2v) is 7.52. The number of phenols is 1. The number of aromatic hydroxyl groups is 1. The summed E-state index contributed by atoms with van der Waals surface area (Å²) in [4.78, 5) is 23.1. The molecule has 1 aliphatic carbocycles. The molecule has 1 heterocycles. The van der Waals surface area contributed by atoms with Crippen molar-refractivity contribution in [2.24, 2.45) is 5.92 Å². The molecule has 4 rings (SSSR count). The zero-order valence-electron chi connectivity index (χ0n) is 15.8. The van der Waals surface area contributed by atoms with Crippen LogP contribution in [0.15, 0.2) is 51.7 Å². The van der Waals surface area contributed by atoms with Crippen molar-refractivity contribution >= 4 is 28.5 Å². The maximum absolute atomic E-state index is 12.4. The molecule has 7 nitrogen and oxygen atoms in total. The molecule has 0 radical (unpaired) electrons. The summed E-state index contributed by atoms with van der Waals surface area (Å²) in [7, 11) is 0. The first kappa shape index (κ1) is 20.3. The number of carbonyl (C=O) groups is 1. The van der Waals surface area contributed by atoms with E-state index in [4.69, 9.17) is 30.6 Å². The molecule has 1 aliphatic rings. The fraction of sp³-hybridized carbons (Fsp3) is 0.273. The molecule has 0 unspecified atom stereocenters. The Kier molecular flexibility index (Phi) is 5.65. The van der Waals surface area contributed by atoms with Gasteiger partial charge in [-0.1, -0.05) is 11.6 Å². The molecule has 3 aromatic rings. The smallest absolute Gasteiger partial charge is 0.306 e. The van der Waals surface area contributed by atoms with Crippen LogP contribution < -0.4 is 10.2 Å². The highest BCUT2D eigenvalue weighted by Gasteiger charge is 2.34. The minimum Gasteiger partial charge on any atom is -0.507 e. The van der Waals surface area contributed by atoms with Crippen molar-refractivity contribution in [1.29, 1.82) is 0 Å². The number of carboxylic acids is 1. The number of carboxylic acid groups (broad SMARTS) is 1. The second-order valence-electron chi connectivity index (χ2n) is 7.12. The molecule has 1 fully saturated rings. The number of fused-ring (bicyclic) bond motifs is 1. The average Bonchev–Trinajstić information content (AvgIpc) is 2.69. The quantitative estimate of drug-likeness (QED) is 0.544. The first-order chi connectivity index (χ1) is 14.4. The third kappa shape index (κ3) is 4.13. The molecule has 1 saturated carbocycles. The highest BCUT2D eigenvalue weighted by atomic mass is 35.5. The monoisotopic (exact) mass is 430 g/mol. The van der Waals surface area contributed by atoms with Crippen molar-refractivity contribution in [2.75, 3.05) is 13.2 Å². The number of aliphatic carboxylic acids is 1. The maximum atomic E-state index is 12.4. The molecule has 156 valence electrons. The molecule has 0 saturated heterocycles. The summed E-state index contributed by atoms with van der Waals surface area (Å²) in [5.41, 5.74) is 0.411. The van der Waals surface area contributed by atoms with E-state index in [0.717, 1.165) is 0 Å². The normalized spacial score (nSPS) is 18.2. The summed E-state index contributed by atoms with van der Waals surface area (Å²) in [5.74, 6) is -0.294. The van der Waals surface area contributed by atoms with Crippen molar-refractivity contribution < 1.29 is 28.9 Å². The Labute approximate surface area is 176 Å². The van der Waals surface area contributed by atoms with Crippen LogP contribution in [0.25, 0.3) is 22.3 Å². The number of phenolic OH excluding ortho intramolecular Hbond substituents is 1. The predicted octanol–water partition coefficient (Wildman–Crippen LogP) is 4.08. The van der Waals surface area contributed by atoms with Crippen LogP contribution in [0.5, 0.6) is 11.5 Å². The maximum Gasteiger partial charge on any atom is 0.306 e. The van der Waals surface area contributed by atoms with E-state index >= 15 is 0 Å². The lowest BCUT2D eigenvalue weighted by molar-refractivity contribution is -0.151. The summed E-state index contributed by atoms with van der Waals surface area (Å²) in [6.45, 7) is 0.716. The number of hydrogen-bond acceptors (Lipinski definition) is 6. The van der Waals surface area contributed by atoms with E-state index < -0.39 is 5.97 Å². The Hall–Kier alpha value is -3.03. The largest absolute Gasteiger partial charge is 0.507 e. The van der Waals surface area contributed by atoms with Gasteiger partial charge in [0.05, 0.1) is 23.7 Å². The molecule has 0 aliphatic heterocycles. The van der Waals surface area contributed by atoms with Crippen LogP contribution in [0.1, 0.15) is 12.8 Å². The Morgan fingerprint density at radius 1 is 1.13 bits per heavy atom. The van der Waals surface area contributed by atoms with Crippen molar-refractivity contribution in [2.45, 2.75) is 18.9 Å². The van der Waals surface area contributed by atoms with Gasteiger partial charge in [-0.15, -0.1) is 0 Å². The summed E-state index contributed by atoms with van der Waals surface area (Å²) in [5, 5.41) is 19.0. The lowest BCUT2D eigenvalue weighted by Crippen LogP contribution is -2.36. The Morgan fingerprint density at radius 3 is 2.57 bits per heavy atom. The van der Waals surface area contributed by atoms with E-state index in [1.54, 1.807) is 24.3 Å². The summed E-state index contributed by atoms with van der Waals surface area (Å²) < 4.78 is 17.0. The summed E-state index contributed by atoms with van der Waals surface area (Å²) >= 11 is 6.11. The van der Waals surface area contributed by atoms with Gasteiger partial charge in [-0.25, -0.2) is 0 Å². The van der Waals surface area contributed by atoms with Crippen LogP contribution in [0, 0.1) is 5.92 Å². The minimum absolute atomic E-state index is 0.0147. The lowest BCUT2D eigenvalue weighted by Gasteiger charge is -2.31. The first-order valence-corrected chi connectivity index (χ1v) is 9.83. The fourth-order valence-corrected chi connectivity index (χ4v) is 3.55. The number of rotatable bonds is 7. The Morgan fingerprint density at radius 2 is 1.87 bits per heavy atom. The molecule has 2 N–H and O–H groups in total. The van der Waals surface area contributed by atoms with Gasteiger partial charge in [-0.2, -0.15) is 0 Å². The Bertz CT molecular complexity index is 1130. The number of benzene rings is 2. The zero-order chi connectivity index (χ0) is 21.3. The molecule has 0 atom stereocenters. The Balaban J connectivity index is 1.37. The minimum atomic E-state index is -0.771. The standard InChI is InChI=1S/C22H19ClO7/c23-16-5-6-17(24)20-18(25)11-19(30-21(16)20)12-1-3-14(4-2-12)28-7-8-29-15-9-13(10-15)22(26)27/h1-6,11,13,15,24H,7-10H2,(H,26,27)/t13-,15+. The van der Waals surface area contributed by atoms with Crippen LogP contribution in [-0.2, 0) is 9.53 Å². The van der Waals surface area contributed by atoms with E-state index in [-0.39, 0.29) is 39.2 Å². The van der Waals surface area contributed by atoms with Crippen LogP contribution in [-0.4, -0.2) is 35.5 Å². The van der Waals surface area contributed by atoms with E-state index in [9.17, 15) is 14.7 Å².